The Morgan fingerprint density at radius 3 is 1.22 bits per heavy atom. The first kappa shape index (κ1) is 50.5. The van der Waals surface area contributed by atoms with Gasteiger partial charge in [-0.25, -0.2) is 0 Å². The SMILES string of the molecule is CC(=O)O.Cl.Cl.Cl.N.[Ti]. The van der Waals surface area contributed by atoms with E-state index < -0.39 is 5.97 Å². The van der Waals surface area contributed by atoms with Crippen LogP contribution in [0.1, 0.15) is 6.92 Å². The van der Waals surface area contributed by atoms with Gasteiger partial charge in [-0.2, -0.15) is 0 Å². The first-order valence-electron chi connectivity index (χ1n) is 0.928. The van der Waals surface area contributed by atoms with Crippen LogP contribution < -0.4 is 6.15 Å². The maximum absolute atomic E-state index is 9.00. The molecule has 0 aromatic carbocycles. The molecule has 0 radical (unpaired) electrons. The van der Waals surface area contributed by atoms with Gasteiger partial charge in [0.15, 0.2) is 0 Å². The predicted octanol–water partition coefficient (Wildman–Crippen LogP) is 1.52. The zero-order chi connectivity index (χ0) is 3.58. The van der Waals surface area contributed by atoms with Crippen molar-refractivity contribution in [1.29, 1.82) is 0 Å². The zero-order valence-electron chi connectivity index (χ0n) is 4.79. The van der Waals surface area contributed by atoms with Crippen LogP contribution in [0.2, 0.25) is 0 Å². The predicted molar refractivity (Wildman–Crippen MR) is 40.1 cm³/mol. The quantitative estimate of drug-likeness (QED) is 0.624. The van der Waals surface area contributed by atoms with Gasteiger partial charge < -0.3 is 11.3 Å². The number of hydrogen-bond acceptors (Lipinski definition) is 2. The molecule has 0 aliphatic carbocycles. The average molecular weight is 234 g/mol. The van der Waals surface area contributed by atoms with E-state index in [4.69, 9.17) is 9.90 Å². The Bertz CT molecular complexity index is 42.8. The van der Waals surface area contributed by atoms with Crippen LogP contribution in [0.5, 0.6) is 0 Å². The van der Waals surface area contributed by atoms with Gasteiger partial charge in [0.2, 0.25) is 0 Å². The molecule has 0 aromatic heterocycles. The van der Waals surface area contributed by atoms with Crippen LogP contribution in [-0.4, -0.2) is 11.1 Å². The number of halogens is 3. The first-order chi connectivity index (χ1) is 1.73. The Balaban J connectivity index is -0.00000000450. The molecule has 0 aliphatic rings. The molecule has 0 spiro atoms. The Hall–Kier alpha value is 1.01. The molecular weight excluding hydrogens is 224 g/mol. The van der Waals surface area contributed by atoms with E-state index in [1.165, 1.54) is 0 Å². The standard InChI is InChI=1S/C2H4O2.3ClH.H3N.Ti/c1-2(3)4;;;;;/h1H3,(H,3,4);3*1H;1H3;. The zero-order valence-corrected chi connectivity index (χ0v) is 8.80. The smallest absolute Gasteiger partial charge is 0.300 e. The average Bonchev–Trinajstić information content (AvgIpc) is 0.811. The van der Waals surface area contributed by atoms with Gasteiger partial charge in [0.05, 0.1) is 0 Å². The fraction of sp³-hybridized carbons (Fsp3) is 0.500. The van der Waals surface area contributed by atoms with Gasteiger partial charge in [-0.15, -0.1) is 37.2 Å². The third kappa shape index (κ3) is 431. The number of aliphatic carboxylic acids is 1. The van der Waals surface area contributed by atoms with Crippen molar-refractivity contribution in [2.45, 2.75) is 6.92 Å². The number of carbonyl (C=O) groups is 1. The molecule has 0 fully saturated rings. The van der Waals surface area contributed by atoms with Crippen molar-refractivity contribution in [3.8, 4) is 0 Å². The van der Waals surface area contributed by atoms with Gasteiger partial charge in [0, 0.05) is 28.6 Å². The summed E-state index contributed by atoms with van der Waals surface area (Å²) in [7, 11) is 0. The van der Waals surface area contributed by atoms with Gasteiger partial charge in [-0.1, -0.05) is 0 Å². The Kier molecular flexibility index (Phi) is 202. The van der Waals surface area contributed by atoms with Crippen LogP contribution >= 0.6 is 37.2 Å². The third-order valence-corrected chi connectivity index (χ3v) is 0. The fourth-order valence-corrected chi connectivity index (χ4v) is 0. The normalized spacial score (nSPS) is 2.78. The topological polar surface area (TPSA) is 72.3 Å². The van der Waals surface area contributed by atoms with Gasteiger partial charge in [-0.05, 0) is 0 Å². The minimum atomic E-state index is -0.833. The van der Waals surface area contributed by atoms with Gasteiger partial charge in [0.1, 0.15) is 0 Å². The summed E-state index contributed by atoms with van der Waals surface area (Å²) in [6, 6.07) is 0. The first-order valence-corrected chi connectivity index (χ1v) is 0.928. The molecule has 0 unspecified atom stereocenters. The molecule has 3 nitrogen and oxygen atoms in total. The summed E-state index contributed by atoms with van der Waals surface area (Å²) in [5, 5.41) is 7.42. The summed E-state index contributed by atoms with van der Waals surface area (Å²) in [4.78, 5) is 9.00. The van der Waals surface area contributed by atoms with E-state index in [-0.39, 0.29) is 65.1 Å². The van der Waals surface area contributed by atoms with Crippen molar-refractivity contribution in [2.75, 3.05) is 0 Å². The van der Waals surface area contributed by atoms with E-state index in [0.29, 0.717) is 0 Å². The van der Waals surface area contributed by atoms with Gasteiger partial charge >= 0.3 is 0 Å². The summed E-state index contributed by atoms with van der Waals surface area (Å²) in [5.74, 6) is -0.833. The van der Waals surface area contributed by atoms with Crippen LogP contribution in [0.3, 0.4) is 0 Å². The van der Waals surface area contributed by atoms with E-state index >= 15 is 0 Å². The van der Waals surface area contributed by atoms with Crippen molar-refractivity contribution < 1.29 is 31.6 Å². The summed E-state index contributed by atoms with van der Waals surface area (Å²) < 4.78 is 0. The molecule has 0 rings (SSSR count). The molecule has 60 valence electrons. The Labute approximate surface area is 87.7 Å². The maximum atomic E-state index is 9.00. The number of carboxylic acid groups (broad SMARTS) is 1. The molecule has 0 heterocycles. The van der Waals surface area contributed by atoms with E-state index in [1.807, 2.05) is 0 Å². The largest absolute Gasteiger partial charge is 0.481 e. The van der Waals surface area contributed by atoms with Crippen LogP contribution in [0, 0.1) is 0 Å². The molecule has 4 N–H and O–H groups in total. The molecule has 7 heteroatoms. The molecule has 0 aromatic rings. The van der Waals surface area contributed by atoms with E-state index in [1.54, 1.807) is 0 Å². The van der Waals surface area contributed by atoms with Crippen LogP contribution in [0.15, 0.2) is 0 Å². The monoisotopic (exact) mass is 233 g/mol. The van der Waals surface area contributed by atoms with Crippen LogP contribution in [-0.2, 0) is 26.5 Å². The molecule has 0 aliphatic heterocycles. The van der Waals surface area contributed by atoms with E-state index in [9.17, 15) is 0 Å². The minimum absolute atomic E-state index is 0. The van der Waals surface area contributed by atoms with Crippen LogP contribution in [0.25, 0.3) is 0 Å². The summed E-state index contributed by atoms with van der Waals surface area (Å²) >= 11 is 0. The number of carboxylic acids is 1. The third-order valence-electron chi connectivity index (χ3n) is 0. The summed E-state index contributed by atoms with van der Waals surface area (Å²) in [6.45, 7) is 1.08. The van der Waals surface area contributed by atoms with Gasteiger partial charge in [0.25, 0.3) is 5.97 Å². The molecule has 0 saturated heterocycles. The Morgan fingerprint density at radius 1 is 1.22 bits per heavy atom. The van der Waals surface area contributed by atoms with Crippen molar-refractivity contribution in [2.24, 2.45) is 0 Å². The van der Waals surface area contributed by atoms with E-state index in [0.717, 1.165) is 6.92 Å². The second-order valence-electron chi connectivity index (χ2n) is 0.519. The van der Waals surface area contributed by atoms with Crippen molar-refractivity contribution >= 4 is 43.2 Å². The summed E-state index contributed by atoms with van der Waals surface area (Å²) in [5.41, 5.74) is 0. The molecular formula is C2H10Cl3NO2Ti. The van der Waals surface area contributed by atoms with Crippen molar-refractivity contribution in [3.63, 3.8) is 0 Å². The molecule has 0 atom stereocenters. The number of rotatable bonds is 0. The molecule has 0 saturated carbocycles. The molecule has 0 bridgehead atoms. The molecule has 9 heavy (non-hydrogen) atoms. The second-order valence-corrected chi connectivity index (χ2v) is 0.519. The van der Waals surface area contributed by atoms with E-state index in [2.05, 4.69) is 0 Å². The Morgan fingerprint density at radius 2 is 1.22 bits per heavy atom. The van der Waals surface area contributed by atoms with Gasteiger partial charge in [-0.3, -0.25) is 4.79 Å². The molecule has 0 amide bonds. The second kappa shape index (κ2) is 35.9. The van der Waals surface area contributed by atoms with Crippen molar-refractivity contribution in [1.82, 2.24) is 6.15 Å². The van der Waals surface area contributed by atoms with Crippen molar-refractivity contribution in [3.05, 3.63) is 0 Å². The van der Waals surface area contributed by atoms with Crippen LogP contribution in [0.4, 0.5) is 0 Å². The number of hydrogen-bond donors (Lipinski definition) is 2. The summed E-state index contributed by atoms with van der Waals surface area (Å²) in [6.07, 6.45) is 0. The maximum Gasteiger partial charge on any atom is 0.300 e. The minimum Gasteiger partial charge on any atom is -0.481 e. The fourth-order valence-electron chi connectivity index (χ4n) is 0.